The first-order valence-electron chi connectivity index (χ1n) is 4.86. The lowest BCUT2D eigenvalue weighted by Gasteiger charge is -2.05. The van der Waals surface area contributed by atoms with E-state index in [1.807, 2.05) is 6.92 Å². The van der Waals surface area contributed by atoms with Crippen LogP contribution in [0.1, 0.15) is 13.3 Å². The van der Waals surface area contributed by atoms with E-state index in [9.17, 15) is 8.42 Å². The van der Waals surface area contributed by atoms with E-state index in [1.165, 1.54) is 10.8 Å². The Hall–Kier alpha value is -1.81. The van der Waals surface area contributed by atoms with Crippen LogP contribution in [-0.4, -0.2) is 38.6 Å². The van der Waals surface area contributed by atoms with Gasteiger partial charge in [0.05, 0.1) is 6.20 Å². The van der Waals surface area contributed by atoms with Crippen LogP contribution < -0.4 is 5.14 Å². The molecule has 10 heteroatoms. The van der Waals surface area contributed by atoms with E-state index in [0.29, 0.717) is 24.5 Å². The molecule has 17 heavy (non-hydrogen) atoms. The van der Waals surface area contributed by atoms with Crippen molar-refractivity contribution < 1.29 is 8.42 Å². The number of aromatic nitrogens is 6. The first kappa shape index (κ1) is 11.7. The average molecular weight is 257 g/mol. The van der Waals surface area contributed by atoms with Crippen LogP contribution >= 0.6 is 0 Å². The van der Waals surface area contributed by atoms with Gasteiger partial charge in [-0.15, -0.1) is 10.2 Å². The summed E-state index contributed by atoms with van der Waals surface area (Å²) in [4.78, 5) is 0. The fourth-order valence-electron chi connectivity index (χ4n) is 1.42. The van der Waals surface area contributed by atoms with Gasteiger partial charge in [0, 0.05) is 6.54 Å². The lowest BCUT2D eigenvalue weighted by molar-refractivity contribution is 0.559. The Morgan fingerprint density at radius 1 is 1.47 bits per heavy atom. The van der Waals surface area contributed by atoms with Gasteiger partial charge in [-0.25, -0.2) is 13.6 Å². The van der Waals surface area contributed by atoms with E-state index in [0.717, 1.165) is 0 Å². The van der Waals surface area contributed by atoms with E-state index in [1.54, 1.807) is 0 Å². The number of hydrogen-bond acceptors (Lipinski definition) is 6. The molecule has 0 saturated carbocycles. The van der Waals surface area contributed by atoms with E-state index in [-0.39, 0.29) is 5.16 Å². The molecule has 0 bridgehead atoms. The third-order valence-electron chi connectivity index (χ3n) is 2.06. The maximum atomic E-state index is 11.3. The zero-order valence-electron chi connectivity index (χ0n) is 9.03. The van der Waals surface area contributed by atoms with Gasteiger partial charge in [0.15, 0.2) is 5.82 Å². The van der Waals surface area contributed by atoms with E-state index < -0.39 is 10.0 Å². The first-order chi connectivity index (χ1) is 8.04. The van der Waals surface area contributed by atoms with E-state index in [2.05, 4.69) is 25.6 Å². The highest BCUT2D eigenvalue weighted by atomic mass is 32.2. The second-order valence-corrected chi connectivity index (χ2v) is 4.81. The number of aromatic amines is 1. The number of nitrogens with zero attached hydrogens (tertiary/aromatic N) is 5. The number of primary sulfonamides is 1. The molecular formula is C7H11N7O2S. The van der Waals surface area contributed by atoms with Crippen LogP contribution in [-0.2, 0) is 16.6 Å². The smallest absolute Gasteiger partial charge is 0.273 e. The van der Waals surface area contributed by atoms with Crippen molar-refractivity contribution in [3.63, 3.8) is 0 Å². The fraction of sp³-hybridized carbons (Fsp3) is 0.429. The van der Waals surface area contributed by atoms with Crippen molar-refractivity contribution in [3.8, 4) is 11.5 Å². The average Bonchev–Trinajstić information content (AvgIpc) is 2.82. The predicted molar refractivity (Wildman–Crippen MR) is 57.1 cm³/mol. The Morgan fingerprint density at radius 2 is 2.24 bits per heavy atom. The van der Waals surface area contributed by atoms with Crippen LogP contribution in [0.15, 0.2) is 11.4 Å². The van der Waals surface area contributed by atoms with E-state index >= 15 is 0 Å². The minimum absolute atomic E-state index is 0.266. The van der Waals surface area contributed by atoms with Crippen molar-refractivity contribution in [3.05, 3.63) is 6.20 Å². The quantitative estimate of drug-likeness (QED) is 0.730. The largest absolute Gasteiger partial charge is 0.295 e. The van der Waals surface area contributed by atoms with Crippen molar-refractivity contribution in [2.75, 3.05) is 0 Å². The Kier molecular flexibility index (Phi) is 2.90. The summed E-state index contributed by atoms with van der Waals surface area (Å²) < 4.78 is 24.1. The van der Waals surface area contributed by atoms with Crippen LogP contribution in [0, 0.1) is 0 Å². The standard InChI is InChI=1S/C7H11N7O2S/c1-2-3-14-6(5-4-9-13-10-5)11-12-7(14)17(8,15)16/h4H,2-3H2,1H3,(H2,8,15,16)(H,9,10,13). The number of sulfonamides is 1. The van der Waals surface area contributed by atoms with Gasteiger partial charge in [0.1, 0.15) is 5.69 Å². The highest BCUT2D eigenvalue weighted by Crippen LogP contribution is 2.17. The molecule has 0 aliphatic rings. The summed E-state index contributed by atoms with van der Waals surface area (Å²) in [6, 6.07) is 0. The summed E-state index contributed by atoms with van der Waals surface area (Å²) in [5, 5.41) is 22.0. The second-order valence-electron chi connectivity index (χ2n) is 3.36. The van der Waals surface area contributed by atoms with Gasteiger partial charge in [0.25, 0.3) is 15.2 Å². The van der Waals surface area contributed by atoms with Gasteiger partial charge in [-0.1, -0.05) is 6.92 Å². The Bertz CT molecular complexity index is 600. The molecule has 0 spiro atoms. The zero-order chi connectivity index (χ0) is 12.5. The van der Waals surface area contributed by atoms with Crippen LogP contribution in [0.2, 0.25) is 0 Å². The van der Waals surface area contributed by atoms with Crippen molar-refractivity contribution in [1.29, 1.82) is 0 Å². The van der Waals surface area contributed by atoms with Gasteiger partial charge in [-0.05, 0) is 6.42 Å². The molecular weight excluding hydrogens is 246 g/mol. The fourth-order valence-corrected chi connectivity index (χ4v) is 2.06. The lowest BCUT2D eigenvalue weighted by Crippen LogP contribution is -2.19. The van der Waals surface area contributed by atoms with Gasteiger partial charge in [-0.2, -0.15) is 15.4 Å². The normalized spacial score (nSPS) is 11.9. The molecule has 0 aliphatic heterocycles. The highest BCUT2D eigenvalue weighted by molar-refractivity contribution is 7.89. The Morgan fingerprint density at radius 3 is 2.76 bits per heavy atom. The number of H-pyrrole nitrogens is 1. The van der Waals surface area contributed by atoms with Crippen LogP contribution in [0.3, 0.4) is 0 Å². The molecule has 0 aromatic carbocycles. The minimum atomic E-state index is -3.89. The highest BCUT2D eigenvalue weighted by Gasteiger charge is 2.22. The third-order valence-corrected chi connectivity index (χ3v) is 2.87. The Balaban J connectivity index is 2.59. The molecule has 0 saturated heterocycles. The molecule has 2 heterocycles. The summed E-state index contributed by atoms with van der Waals surface area (Å²) in [5.41, 5.74) is 0.417. The summed E-state index contributed by atoms with van der Waals surface area (Å²) in [6.07, 6.45) is 2.15. The predicted octanol–water partition coefficient (Wildman–Crippen LogP) is -0.879. The van der Waals surface area contributed by atoms with Gasteiger partial charge >= 0.3 is 0 Å². The number of hydrogen-bond donors (Lipinski definition) is 2. The SMILES string of the molecule is CCCn1c(-c2cn[nH]n2)nnc1S(N)(=O)=O. The molecule has 2 rings (SSSR count). The molecule has 2 aromatic rings. The monoisotopic (exact) mass is 257 g/mol. The molecule has 0 radical (unpaired) electrons. The van der Waals surface area contributed by atoms with Crippen molar-refractivity contribution >= 4 is 10.0 Å². The van der Waals surface area contributed by atoms with Crippen molar-refractivity contribution in [1.82, 2.24) is 30.2 Å². The van der Waals surface area contributed by atoms with Crippen LogP contribution in [0.5, 0.6) is 0 Å². The maximum absolute atomic E-state index is 11.3. The van der Waals surface area contributed by atoms with Crippen LogP contribution in [0.25, 0.3) is 11.5 Å². The molecule has 0 amide bonds. The maximum Gasteiger partial charge on any atom is 0.273 e. The molecule has 92 valence electrons. The summed E-state index contributed by atoms with van der Waals surface area (Å²) in [5.74, 6) is 0.324. The molecule has 0 atom stereocenters. The molecule has 3 N–H and O–H groups in total. The van der Waals surface area contributed by atoms with Gasteiger partial charge in [-0.3, -0.25) is 4.57 Å². The molecule has 0 unspecified atom stereocenters. The van der Waals surface area contributed by atoms with Gasteiger partial charge in [0.2, 0.25) is 0 Å². The van der Waals surface area contributed by atoms with Crippen molar-refractivity contribution in [2.24, 2.45) is 5.14 Å². The summed E-state index contributed by atoms with van der Waals surface area (Å²) in [6.45, 7) is 2.33. The minimum Gasteiger partial charge on any atom is -0.295 e. The lowest BCUT2D eigenvalue weighted by atomic mass is 10.4. The Labute approximate surface area is 97.1 Å². The number of nitrogens with two attached hydrogens (primary N) is 1. The van der Waals surface area contributed by atoms with Crippen LogP contribution in [0.4, 0.5) is 0 Å². The second kappa shape index (κ2) is 4.22. The number of nitrogens with one attached hydrogen (secondary N) is 1. The zero-order valence-corrected chi connectivity index (χ0v) is 9.85. The van der Waals surface area contributed by atoms with Gasteiger partial charge < -0.3 is 0 Å². The summed E-state index contributed by atoms with van der Waals surface area (Å²) >= 11 is 0. The number of rotatable bonds is 4. The molecule has 0 aliphatic carbocycles. The summed E-state index contributed by atoms with van der Waals surface area (Å²) in [7, 11) is -3.89. The van der Waals surface area contributed by atoms with E-state index in [4.69, 9.17) is 5.14 Å². The first-order valence-corrected chi connectivity index (χ1v) is 6.40. The molecule has 2 aromatic heterocycles. The third kappa shape index (κ3) is 2.17. The van der Waals surface area contributed by atoms with Crippen molar-refractivity contribution in [2.45, 2.75) is 25.0 Å². The molecule has 9 nitrogen and oxygen atoms in total. The topological polar surface area (TPSA) is 132 Å². The molecule has 0 fully saturated rings.